The van der Waals surface area contributed by atoms with Gasteiger partial charge in [0.2, 0.25) is 0 Å². The molecule has 1 heterocycles. The lowest BCUT2D eigenvalue weighted by atomic mass is 10.1. The fraction of sp³-hybridized carbons (Fsp3) is 0.333. The van der Waals surface area contributed by atoms with Crippen molar-refractivity contribution in [1.82, 2.24) is 4.98 Å². The Morgan fingerprint density at radius 2 is 2.13 bits per heavy atom. The average molecular weight is 251 g/mol. The number of nitriles is 1. The second-order valence-corrected chi connectivity index (χ2v) is 3.38. The molecule has 2 nitrogen and oxygen atoms in total. The second kappa shape index (κ2) is 5.24. The van der Waals surface area contributed by atoms with Gasteiger partial charge in [-0.25, -0.2) is 13.8 Å². The first kappa shape index (κ1) is 12.2. The summed E-state index contributed by atoms with van der Waals surface area (Å²) in [5.74, 6) is -0.0811. The summed E-state index contributed by atoms with van der Waals surface area (Å²) >= 11 is 11.1. The van der Waals surface area contributed by atoms with Crippen molar-refractivity contribution in [2.45, 2.75) is 18.7 Å². The van der Waals surface area contributed by atoms with Crippen molar-refractivity contribution >= 4 is 23.2 Å². The van der Waals surface area contributed by atoms with Crippen molar-refractivity contribution in [1.29, 1.82) is 5.26 Å². The smallest absolute Gasteiger partial charge is 0.234 e. The molecular formula is C9H6Cl2F2N2. The predicted octanol–water partition coefficient (Wildman–Crippen LogP) is 3.48. The van der Waals surface area contributed by atoms with E-state index in [0.29, 0.717) is 5.56 Å². The Labute approximate surface area is 95.4 Å². The molecule has 0 unspecified atom stereocenters. The minimum atomic E-state index is -2.72. The molecule has 15 heavy (non-hydrogen) atoms. The standard InChI is InChI=1S/C9H6Cl2F2N2/c10-4-6-3-5(1-2-14)8(11)15-7(6)9(12)13/h3,9H,1,4H2. The maximum atomic E-state index is 12.5. The third kappa shape index (κ3) is 2.77. The second-order valence-electron chi connectivity index (χ2n) is 2.75. The van der Waals surface area contributed by atoms with E-state index in [1.165, 1.54) is 6.07 Å². The van der Waals surface area contributed by atoms with Crippen molar-refractivity contribution in [2.24, 2.45) is 0 Å². The molecule has 0 aliphatic heterocycles. The zero-order valence-corrected chi connectivity index (χ0v) is 8.99. The van der Waals surface area contributed by atoms with Gasteiger partial charge in [-0.3, -0.25) is 0 Å². The molecule has 1 rings (SSSR count). The van der Waals surface area contributed by atoms with Gasteiger partial charge >= 0.3 is 0 Å². The van der Waals surface area contributed by atoms with Crippen molar-refractivity contribution in [3.05, 3.63) is 28.0 Å². The Balaban J connectivity index is 3.24. The fourth-order valence-electron chi connectivity index (χ4n) is 1.10. The van der Waals surface area contributed by atoms with Crippen LogP contribution in [0.4, 0.5) is 8.78 Å². The van der Waals surface area contributed by atoms with E-state index in [0.717, 1.165) is 0 Å². The monoisotopic (exact) mass is 250 g/mol. The highest BCUT2D eigenvalue weighted by molar-refractivity contribution is 6.30. The molecule has 0 atom stereocenters. The number of pyridine rings is 1. The number of rotatable bonds is 3. The Bertz CT molecular complexity index is 402. The number of alkyl halides is 3. The van der Waals surface area contributed by atoms with Crippen LogP contribution in [0.15, 0.2) is 6.07 Å². The molecule has 0 aliphatic carbocycles. The number of nitrogens with zero attached hydrogens (tertiary/aromatic N) is 2. The average Bonchev–Trinajstić information content (AvgIpc) is 2.20. The van der Waals surface area contributed by atoms with E-state index in [2.05, 4.69) is 4.98 Å². The van der Waals surface area contributed by atoms with Crippen LogP contribution in [0.3, 0.4) is 0 Å². The molecule has 6 heteroatoms. The molecule has 0 aromatic carbocycles. The molecule has 0 fully saturated rings. The maximum absolute atomic E-state index is 12.5. The number of hydrogen-bond acceptors (Lipinski definition) is 2. The van der Waals surface area contributed by atoms with Gasteiger partial charge in [0, 0.05) is 11.4 Å². The Morgan fingerprint density at radius 3 is 2.60 bits per heavy atom. The van der Waals surface area contributed by atoms with Crippen molar-refractivity contribution in [3.8, 4) is 6.07 Å². The van der Waals surface area contributed by atoms with Gasteiger partial charge in [-0.1, -0.05) is 11.6 Å². The van der Waals surface area contributed by atoms with Gasteiger partial charge in [-0.05, 0) is 11.6 Å². The summed E-state index contributed by atoms with van der Waals surface area (Å²) in [7, 11) is 0. The van der Waals surface area contributed by atoms with E-state index in [1.54, 1.807) is 0 Å². The van der Waals surface area contributed by atoms with E-state index >= 15 is 0 Å². The van der Waals surface area contributed by atoms with Crippen molar-refractivity contribution < 1.29 is 8.78 Å². The molecule has 80 valence electrons. The zero-order chi connectivity index (χ0) is 11.4. The maximum Gasteiger partial charge on any atom is 0.280 e. The minimum Gasteiger partial charge on any atom is -0.234 e. The molecule has 0 aliphatic rings. The molecule has 0 spiro atoms. The van der Waals surface area contributed by atoms with Crippen LogP contribution < -0.4 is 0 Å². The molecule has 0 saturated carbocycles. The lowest BCUT2D eigenvalue weighted by molar-refractivity contribution is 0.145. The molecule has 1 aromatic rings. The molecule has 1 aromatic heterocycles. The van der Waals surface area contributed by atoms with Crippen LogP contribution >= 0.6 is 23.2 Å². The quantitative estimate of drug-likeness (QED) is 0.609. The Kier molecular flexibility index (Phi) is 4.25. The van der Waals surface area contributed by atoms with Gasteiger partial charge < -0.3 is 0 Å². The first-order chi connectivity index (χ1) is 7.10. The topological polar surface area (TPSA) is 36.7 Å². The highest BCUT2D eigenvalue weighted by atomic mass is 35.5. The zero-order valence-electron chi connectivity index (χ0n) is 7.48. The van der Waals surface area contributed by atoms with E-state index in [1.807, 2.05) is 6.07 Å². The number of hydrogen-bond donors (Lipinski definition) is 0. The summed E-state index contributed by atoms with van der Waals surface area (Å²) in [6, 6.07) is 3.27. The number of halogens is 4. The lowest BCUT2D eigenvalue weighted by Crippen LogP contribution is -2.00. The predicted molar refractivity (Wildman–Crippen MR) is 53.1 cm³/mol. The van der Waals surface area contributed by atoms with Crippen LogP contribution in [0, 0.1) is 11.3 Å². The summed E-state index contributed by atoms with van der Waals surface area (Å²) < 4.78 is 24.9. The van der Waals surface area contributed by atoms with E-state index in [9.17, 15) is 8.78 Å². The molecule has 0 saturated heterocycles. The molecule has 0 radical (unpaired) electrons. The Hall–Kier alpha value is -0.920. The van der Waals surface area contributed by atoms with Crippen molar-refractivity contribution in [3.63, 3.8) is 0 Å². The van der Waals surface area contributed by atoms with Crippen LogP contribution in [0.5, 0.6) is 0 Å². The van der Waals surface area contributed by atoms with E-state index in [4.69, 9.17) is 28.5 Å². The van der Waals surface area contributed by atoms with Crippen LogP contribution in [0.2, 0.25) is 5.15 Å². The van der Waals surface area contributed by atoms with Gasteiger partial charge in [-0.15, -0.1) is 11.6 Å². The normalized spacial score (nSPS) is 10.4. The summed E-state index contributed by atoms with van der Waals surface area (Å²) in [4.78, 5) is 3.54. The summed E-state index contributed by atoms with van der Waals surface area (Å²) in [6.45, 7) is 0. The third-order valence-corrected chi connectivity index (χ3v) is 2.40. The largest absolute Gasteiger partial charge is 0.280 e. The first-order valence-electron chi connectivity index (χ1n) is 3.99. The van der Waals surface area contributed by atoms with Gasteiger partial charge in [0.05, 0.1) is 12.5 Å². The van der Waals surface area contributed by atoms with Crippen molar-refractivity contribution in [2.75, 3.05) is 0 Å². The molecule has 0 N–H and O–H groups in total. The number of aromatic nitrogens is 1. The van der Waals surface area contributed by atoms with Gasteiger partial charge in [-0.2, -0.15) is 5.26 Å². The van der Waals surface area contributed by atoms with Crippen LogP contribution in [0.25, 0.3) is 0 Å². The Morgan fingerprint density at radius 1 is 1.47 bits per heavy atom. The van der Waals surface area contributed by atoms with Crippen LogP contribution in [-0.4, -0.2) is 4.98 Å². The van der Waals surface area contributed by atoms with E-state index < -0.39 is 12.1 Å². The molecule has 0 amide bonds. The SMILES string of the molecule is N#CCc1cc(CCl)c(C(F)F)nc1Cl. The highest BCUT2D eigenvalue weighted by Crippen LogP contribution is 2.26. The summed E-state index contributed by atoms with van der Waals surface area (Å²) in [5, 5.41) is 8.40. The first-order valence-corrected chi connectivity index (χ1v) is 4.90. The lowest BCUT2D eigenvalue weighted by Gasteiger charge is -2.08. The fourth-order valence-corrected chi connectivity index (χ4v) is 1.52. The molecule has 0 bridgehead atoms. The third-order valence-electron chi connectivity index (χ3n) is 1.78. The van der Waals surface area contributed by atoms with Gasteiger partial charge in [0.15, 0.2) is 0 Å². The highest BCUT2D eigenvalue weighted by Gasteiger charge is 2.17. The van der Waals surface area contributed by atoms with Gasteiger partial charge in [0.1, 0.15) is 10.8 Å². The summed E-state index contributed by atoms with van der Waals surface area (Å²) in [6.07, 6.45) is -2.69. The van der Waals surface area contributed by atoms with Crippen LogP contribution in [0.1, 0.15) is 23.2 Å². The minimum absolute atomic E-state index is 0.0270. The van der Waals surface area contributed by atoms with E-state index in [-0.39, 0.29) is 23.0 Å². The molecular weight excluding hydrogens is 245 g/mol. The summed E-state index contributed by atoms with van der Waals surface area (Å²) in [5.41, 5.74) is 0.206. The van der Waals surface area contributed by atoms with Gasteiger partial charge in [0.25, 0.3) is 6.43 Å². The van der Waals surface area contributed by atoms with Crippen LogP contribution in [-0.2, 0) is 12.3 Å².